The molecule has 96 valence electrons. The van der Waals surface area contributed by atoms with E-state index in [4.69, 9.17) is 9.47 Å². The zero-order chi connectivity index (χ0) is 12.4. The van der Waals surface area contributed by atoms with E-state index in [1.54, 1.807) is 0 Å². The highest BCUT2D eigenvalue weighted by Crippen LogP contribution is 2.24. The fourth-order valence-electron chi connectivity index (χ4n) is 2.04. The van der Waals surface area contributed by atoms with E-state index < -0.39 is 6.10 Å². The van der Waals surface area contributed by atoms with E-state index in [0.717, 1.165) is 17.9 Å². The number of nitrogens with one attached hydrogen (secondary N) is 1. The predicted octanol–water partition coefficient (Wildman–Crippen LogP) is 1.63. The summed E-state index contributed by atoms with van der Waals surface area (Å²) in [6.07, 6.45) is 2.73. The summed E-state index contributed by atoms with van der Waals surface area (Å²) in [4.78, 5) is 11.4. The minimum absolute atomic E-state index is 0.250. The van der Waals surface area contributed by atoms with Crippen molar-refractivity contribution in [2.45, 2.75) is 38.0 Å². The second kappa shape index (κ2) is 4.98. The third kappa shape index (κ3) is 2.64. The summed E-state index contributed by atoms with van der Waals surface area (Å²) >= 11 is 0. The zero-order valence-electron chi connectivity index (χ0n) is 10.2. The van der Waals surface area contributed by atoms with Crippen LogP contribution in [0.1, 0.15) is 24.8 Å². The number of hydrogen-bond donors (Lipinski definition) is 1. The molecule has 1 aromatic carbocycles. The van der Waals surface area contributed by atoms with E-state index in [9.17, 15) is 4.79 Å². The summed E-state index contributed by atoms with van der Waals surface area (Å²) in [5, 5.41) is 3.45. The lowest BCUT2D eigenvalue weighted by Crippen LogP contribution is -2.23. The van der Waals surface area contributed by atoms with E-state index in [0.29, 0.717) is 19.1 Å². The van der Waals surface area contributed by atoms with Gasteiger partial charge in [-0.05, 0) is 18.9 Å². The van der Waals surface area contributed by atoms with Crippen LogP contribution in [0.15, 0.2) is 24.3 Å². The third-order valence-electron chi connectivity index (χ3n) is 3.29. The van der Waals surface area contributed by atoms with Crippen LogP contribution in [0.25, 0.3) is 0 Å². The van der Waals surface area contributed by atoms with Crippen LogP contribution in [-0.4, -0.2) is 24.7 Å². The van der Waals surface area contributed by atoms with Gasteiger partial charge in [-0.15, -0.1) is 0 Å². The molecule has 0 bridgehead atoms. The first-order chi connectivity index (χ1) is 8.83. The first kappa shape index (κ1) is 11.5. The maximum Gasteiger partial charge on any atom is 0.347 e. The Morgan fingerprint density at radius 2 is 2.11 bits per heavy atom. The number of rotatable bonds is 5. The molecule has 3 rings (SSSR count). The number of cyclic esters (lactones) is 1. The minimum Gasteiger partial charge on any atom is -0.478 e. The largest absolute Gasteiger partial charge is 0.478 e. The molecule has 1 unspecified atom stereocenters. The molecular weight excluding hydrogens is 230 g/mol. The van der Waals surface area contributed by atoms with Gasteiger partial charge in [0.25, 0.3) is 0 Å². The zero-order valence-corrected chi connectivity index (χ0v) is 10.2. The Morgan fingerprint density at radius 3 is 2.83 bits per heavy atom. The molecule has 1 aliphatic heterocycles. The highest BCUT2D eigenvalue weighted by molar-refractivity contribution is 5.76. The summed E-state index contributed by atoms with van der Waals surface area (Å²) < 4.78 is 10.7. The lowest BCUT2D eigenvalue weighted by molar-refractivity contribution is -0.143. The number of esters is 1. The molecule has 0 aromatic heterocycles. The van der Waals surface area contributed by atoms with Crippen LogP contribution in [0.4, 0.5) is 0 Å². The summed E-state index contributed by atoms with van der Waals surface area (Å²) in [7, 11) is 0. The third-order valence-corrected chi connectivity index (χ3v) is 3.29. The summed E-state index contributed by atoms with van der Waals surface area (Å²) in [6, 6.07) is 8.52. The molecule has 18 heavy (non-hydrogen) atoms. The summed E-state index contributed by atoms with van der Waals surface area (Å²) in [5.74, 6) is 0.537. The predicted molar refractivity (Wildman–Crippen MR) is 66.3 cm³/mol. The first-order valence-electron chi connectivity index (χ1n) is 6.47. The number of hydrogen-bond acceptors (Lipinski definition) is 4. The van der Waals surface area contributed by atoms with Crippen molar-refractivity contribution in [1.82, 2.24) is 5.32 Å². The van der Waals surface area contributed by atoms with Gasteiger partial charge in [0.1, 0.15) is 5.75 Å². The van der Waals surface area contributed by atoms with Crippen molar-refractivity contribution in [1.29, 1.82) is 0 Å². The van der Waals surface area contributed by atoms with Crippen LogP contribution in [0.2, 0.25) is 0 Å². The maximum atomic E-state index is 11.4. The van der Waals surface area contributed by atoms with Crippen molar-refractivity contribution in [3.63, 3.8) is 0 Å². The van der Waals surface area contributed by atoms with Gasteiger partial charge in [0.05, 0.1) is 6.61 Å². The van der Waals surface area contributed by atoms with Gasteiger partial charge in [0.2, 0.25) is 0 Å². The number of para-hydroxylation sites is 1. The Labute approximate surface area is 106 Å². The van der Waals surface area contributed by atoms with Gasteiger partial charge in [0.15, 0.2) is 6.10 Å². The molecule has 4 heteroatoms. The number of carbonyl (C=O) groups excluding carboxylic acids is 1. The summed E-state index contributed by atoms with van der Waals surface area (Å²) in [5.41, 5.74) is 1.10. The van der Waals surface area contributed by atoms with E-state index in [-0.39, 0.29) is 5.97 Å². The van der Waals surface area contributed by atoms with Gasteiger partial charge >= 0.3 is 5.97 Å². The highest BCUT2D eigenvalue weighted by atomic mass is 16.6. The van der Waals surface area contributed by atoms with E-state index >= 15 is 0 Å². The molecule has 0 spiro atoms. The van der Waals surface area contributed by atoms with Crippen LogP contribution in [-0.2, 0) is 16.1 Å². The van der Waals surface area contributed by atoms with Crippen LogP contribution in [0.3, 0.4) is 0 Å². The van der Waals surface area contributed by atoms with Crippen molar-refractivity contribution in [2.75, 3.05) is 6.61 Å². The van der Waals surface area contributed by atoms with Crippen LogP contribution in [0, 0.1) is 0 Å². The van der Waals surface area contributed by atoms with Gasteiger partial charge in [-0.25, -0.2) is 4.79 Å². The van der Waals surface area contributed by atoms with Crippen LogP contribution < -0.4 is 10.1 Å². The van der Waals surface area contributed by atoms with Crippen molar-refractivity contribution in [2.24, 2.45) is 0 Å². The Hall–Kier alpha value is -1.55. The topological polar surface area (TPSA) is 47.6 Å². The summed E-state index contributed by atoms with van der Waals surface area (Å²) in [6.45, 7) is 1.26. The maximum absolute atomic E-state index is 11.4. The smallest absolute Gasteiger partial charge is 0.347 e. The fourth-order valence-corrected chi connectivity index (χ4v) is 2.04. The molecular formula is C14H17NO3. The van der Waals surface area contributed by atoms with Crippen molar-refractivity contribution in [3.05, 3.63) is 29.8 Å². The first-order valence-corrected chi connectivity index (χ1v) is 6.47. The molecule has 1 saturated carbocycles. The van der Waals surface area contributed by atoms with Gasteiger partial charge in [0, 0.05) is 24.6 Å². The molecule has 1 atom stereocenters. The second-order valence-electron chi connectivity index (χ2n) is 4.83. The molecule has 0 amide bonds. The molecule has 1 heterocycles. The van der Waals surface area contributed by atoms with E-state index in [1.165, 1.54) is 12.8 Å². The molecule has 1 aromatic rings. The Morgan fingerprint density at radius 1 is 1.28 bits per heavy atom. The fraction of sp³-hybridized carbons (Fsp3) is 0.500. The number of benzene rings is 1. The lowest BCUT2D eigenvalue weighted by Gasteiger charge is -2.14. The molecule has 2 fully saturated rings. The minimum atomic E-state index is -0.438. The van der Waals surface area contributed by atoms with Crippen molar-refractivity contribution < 1.29 is 14.3 Å². The van der Waals surface area contributed by atoms with E-state index in [1.807, 2.05) is 24.3 Å². The SMILES string of the molecule is O=C1OCCC1Oc1ccccc1CNC1CC1. The van der Waals surface area contributed by atoms with Gasteiger partial charge in [-0.3, -0.25) is 0 Å². The molecule has 0 radical (unpaired) electrons. The monoisotopic (exact) mass is 247 g/mol. The van der Waals surface area contributed by atoms with Gasteiger partial charge in [-0.2, -0.15) is 0 Å². The number of carbonyl (C=O) groups is 1. The Bertz CT molecular complexity index is 442. The van der Waals surface area contributed by atoms with Crippen molar-refractivity contribution in [3.8, 4) is 5.75 Å². The standard InChI is InChI=1S/C14H17NO3/c16-14-13(7-8-17-14)18-12-4-2-1-3-10(12)9-15-11-5-6-11/h1-4,11,13,15H,5-9H2. The van der Waals surface area contributed by atoms with E-state index in [2.05, 4.69) is 5.32 Å². The van der Waals surface area contributed by atoms with Gasteiger partial charge < -0.3 is 14.8 Å². The average Bonchev–Trinajstić information content (AvgIpc) is 3.13. The Balaban J connectivity index is 1.67. The van der Waals surface area contributed by atoms with Crippen LogP contribution in [0.5, 0.6) is 5.75 Å². The molecule has 1 aliphatic carbocycles. The average molecular weight is 247 g/mol. The second-order valence-corrected chi connectivity index (χ2v) is 4.83. The van der Waals surface area contributed by atoms with Crippen LogP contribution >= 0.6 is 0 Å². The van der Waals surface area contributed by atoms with Gasteiger partial charge in [-0.1, -0.05) is 18.2 Å². The molecule has 4 nitrogen and oxygen atoms in total. The molecule has 1 N–H and O–H groups in total. The van der Waals surface area contributed by atoms with Crippen molar-refractivity contribution >= 4 is 5.97 Å². The number of ether oxygens (including phenoxy) is 2. The highest BCUT2D eigenvalue weighted by Gasteiger charge is 2.29. The lowest BCUT2D eigenvalue weighted by atomic mass is 10.2. The normalized spacial score (nSPS) is 22.9. The quantitative estimate of drug-likeness (QED) is 0.803. The molecule has 2 aliphatic rings. The molecule has 1 saturated heterocycles. The Kier molecular flexibility index (Phi) is 3.19.